The number of carbonyl (C=O) groups excluding carboxylic acids is 1. The van der Waals surface area contributed by atoms with Gasteiger partial charge in [-0.15, -0.1) is 13.2 Å². The van der Waals surface area contributed by atoms with E-state index in [1.807, 2.05) is 24.3 Å². The molecule has 0 radical (unpaired) electrons. The number of ether oxygens (including phenoxy) is 6. The Balaban J connectivity index is 0.000000166. The molecule has 1 saturated carbocycles. The molecule has 2 saturated heterocycles. The molecular formula is C132H141N5O7. The van der Waals surface area contributed by atoms with E-state index in [0.717, 1.165) is 219 Å². The Labute approximate surface area is 856 Å². The summed E-state index contributed by atoms with van der Waals surface area (Å²) in [5.74, 6) is 2.12. The molecule has 15 aromatic rings. The fourth-order valence-corrected chi connectivity index (χ4v) is 19.2. The van der Waals surface area contributed by atoms with Crippen molar-refractivity contribution in [2.45, 2.75) is 138 Å². The number of esters is 1. The molecule has 3 unspecified atom stereocenters. The highest BCUT2D eigenvalue weighted by Crippen LogP contribution is 2.45. The van der Waals surface area contributed by atoms with E-state index in [9.17, 15) is 4.79 Å². The average molecular weight is 1910 g/mol. The number of benzene rings is 15. The van der Waals surface area contributed by atoms with Gasteiger partial charge in [0, 0.05) is 115 Å². The Morgan fingerprint density at radius 2 is 0.646 bits per heavy atom. The summed E-state index contributed by atoms with van der Waals surface area (Å²) in [5, 5.41) is 0. The van der Waals surface area contributed by atoms with Crippen LogP contribution in [0.5, 0.6) is 5.75 Å². The lowest BCUT2D eigenvalue weighted by Gasteiger charge is -2.40. The first-order chi connectivity index (χ1) is 70.6. The first kappa shape index (κ1) is 103. The van der Waals surface area contributed by atoms with Gasteiger partial charge in [-0.1, -0.05) is 264 Å². The first-order valence-corrected chi connectivity index (χ1v) is 51.8. The molecule has 0 amide bonds. The Morgan fingerprint density at radius 3 is 0.958 bits per heavy atom. The minimum Gasteiger partial charge on any atom is -0.493 e. The summed E-state index contributed by atoms with van der Waals surface area (Å²) >= 11 is 0. The van der Waals surface area contributed by atoms with Crippen molar-refractivity contribution >= 4 is 91.3 Å². The molecule has 736 valence electrons. The van der Waals surface area contributed by atoms with Crippen LogP contribution in [0.2, 0.25) is 0 Å². The van der Waals surface area contributed by atoms with E-state index in [0.29, 0.717) is 23.3 Å². The molecule has 0 N–H and O–H groups in total. The fourth-order valence-electron chi connectivity index (χ4n) is 19.2. The van der Waals surface area contributed by atoms with Crippen molar-refractivity contribution < 1.29 is 33.2 Å². The molecule has 3 aliphatic rings. The van der Waals surface area contributed by atoms with Gasteiger partial charge in [-0.05, 0) is 348 Å². The number of hydrogen-bond donors (Lipinski definition) is 0. The zero-order valence-electron chi connectivity index (χ0n) is 85.0. The maximum Gasteiger partial charge on any atom is 0.333 e. The topological polar surface area (TPSA) is 88.7 Å². The standard InChI is InChI=1S/C60H72N2O4.C43H38N2O2.C29H31NO/c1-3-59(45-65-46-59)43-63-41-17-7-5-11-19-49-25-33-55(34-26-49)61(53-21-13-9-14-22-53)57-37-29-51(30-38-57)52-31-39-58(40-32-52)62(54-23-15-10-16-24-54)56-35-27-50(28-36-56)20-12-6-8-18-42-64-44-60(4-2)47-66-48-60;1-31(2)43(46)47-30-34-14-24-40(25-15-34)45(39-22-12-33(4)13-23-39)42-28-18-36(19-29-42)35-16-26-41(27-17-35)44(37-8-6-5-7-9-37)38-20-10-32(3)11-21-38;1-4-23-19-24(5-2)25(20-23)21-31-29-16-14-27(15-17-29)30(26-11-7-6-8-12-26)28-13-9-10-22(3)18-28/h9-10,13-16,21-40H,3-8,11-12,17-20,41-48H2,1-2H3;5-29H,1,30H2,2-4H3;4-18,23-25H,1-2,19-21H2,3H3. The van der Waals surface area contributed by atoms with Crippen LogP contribution in [0.15, 0.2) is 426 Å². The molecular weight excluding hydrogens is 1770 g/mol. The largest absolute Gasteiger partial charge is 0.493 e. The maximum atomic E-state index is 11.9. The quantitative estimate of drug-likeness (QED) is 0.0158. The zero-order valence-corrected chi connectivity index (χ0v) is 85.0. The van der Waals surface area contributed by atoms with E-state index in [2.05, 4.69) is 455 Å². The number of para-hydroxylation sites is 4. The molecule has 15 aromatic carbocycles. The first-order valence-electron chi connectivity index (χ1n) is 51.8. The van der Waals surface area contributed by atoms with Crippen molar-refractivity contribution in [3.05, 3.63) is 459 Å². The van der Waals surface area contributed by atoms with Gasteiger partial charge in [-0.3, -0.25) is 0 Å². The van der Waals surface area contributed by atoms with Crippen LogP contribution in [0.3, 0.4) is 0 Å². The minimum atomic E-state index is -0.384. The highest BCUT2D eigenvalue weighted by molar-refractivity contribution is 5.88. The number of aryl methyl sites for hydroxylation is 5. The highest BCUT2D eigenvalue weighted by atomic mass is 16.5. The van der Waals surface area contributed by atoms with Crippen molar-refractivity contribution in [2.24, 2.45) is 28.6 Å². The number of hydrogen-bond acceptors (Lipinski definition) is 12. The Kier molecular flexibility index (Phi) is 36.7. The second-order valence-electron chi connectivity index (χ2n) is 39.1. The van der Waals surface area contributed by atoms with Crippen molar-refractivity contribution in [3.63, 3.8) is 0 Å². The van der Waals surface area contributed by atoms with Crippen LogP contribution in [0.4, 0.5) is 85.3 Å². The molecule has 1 aliphatic carbocycles. The van der Waals surface area contributed by atoms with Gasteiger partial charge in [-0.2, -0.15) is 0 Å². The Morgan fingerprint density at radius 1 is 0.340 bits per heavy atom. The van der Waals surface area contributed by atoms with Gasteiger partial charge >= 0.3 is 5.97 Å². The smallest absolute Gasteiger partial charge is 0.333 e. The lowest BCUT2D eigenvalue weighted by atomic mass is 9.84. The van der Waals surface area contributed by atoms with Gasteiger partial charge in [0.25, 0.3) is 0 Å². The summed E-state index contributed by atoms with van der Waals surface area (Å²) in [5.41, 5.74) is 29.7. The number of unbranched alkanes of at least 4 members (excludes halogenated alkanes) is 6. The van der Waals surface area contributed by atoms with Gasteiger partial charge in [-0.25, -0.2) is 4.79 Å². The number of carbonyl (C=O) groups is 1. The van der Waals surface area contributed by atoms with E-state index in [1.165, 1.54) is 77.5 Å². The molecule has 3 atom stereocenters. The number of allylic oxidation sites excluding steroid dienone is 2. The summed E-state index contributed by atoms with van der Waals surface area (Å²) in [6, 6.07) is 138. The van der Waals surface area contributed by atoms with Crippen LogP contribution in [0.1, 0.15) is 131 Å². The van der Waals surface area contributed by atoms with Crippen molar-refractivity contribution in [3.8, 4) is 28.0 Å². The molecule has 3 fully saturated rings. The van der Waals surface area contributed by atoms with Crippen molar-refractivity contribution in [1.82, 2.24) is 0 Å². The minimum absolute atomic E-state index is 0.206. The number of nitrogens with zero attached hydrogens (tertiary/aromatic N) is 5. The second-order valence-corrected chi connectivity index (χ2v) is 39.1. The van der Waals surface area contributed by atoms with E-state index < -0.39 is 0 Å². The van der Waals surface area contributed by atoms with Gasteiger partial charge in [0.2, 0.25) is 0 Å². The van der Waals surface area contributed by atoms with Crippen LogP contribution in [-0.2, 0) is 47.9 Å². The predicted octanol–water partition coefficient (Wildman–Crippen LogP) is 34.8. The molecule has 0 spiro atoms. The molecule has 144 heavy (non-hydrogen) atoms. The van der Waals surface area contributed by atoms with Crippen LogP contribution in [0.25, 0.3) is 22.3 Å². The number of anilines is 15. The normalized spacial score (nSPS) is 14.7. The van der Waals surface area contributed by atoms with Gasteiger partial charge < -0.3 is 52.9 Å². The average Bonchev–Trinajstić information content (AvgIpc) is 1.01. The van der Waals surface area contributed by atoms with E-state index in [4.69, 9.17) is 28.4 Å². The second kappa shape index (κ2) is 51.5. The molecule has 12 nitrogen and oxygen atoms in total. The predicted molar refractivity (Wildman–Crippen MR) is 601 cm³/mol. The third-order valence-electron chi connectivity index (χ3n) is 28.3. The van der Waals surface area contributed by atoms with E-state index >= 15 is 0 Å². The fraction of sp³-hybridized carbons (Fsp3) is 0.265. The third kappa shape index (κ3) is 27.7. The summed E-state index contributed by atoms with van der Waals surface area (Å²) in [6.07, 6.45) is 20.5. The third-order valence-corrected chi connectivity index (χ3v) is 28.3. The zero-order chi connectivity index (χ0) is 99.7. The van der Waals surface area contributed by atoms with E-state index in [1.54, 1.807) is 6.92 Å². The van der Waals surface area contributed by atoms with Crippen LogP contribution >= 0.6 is 0 Å². The van der Waals surface area contributed by atoms with Gasteiger partial charge in [0.1, 0.15) is 12.4 Å². The molecule has 2 heterocycles. The monoisotopic (exact) mass is 1910 g/mol. The number of rotatable bonds is 45. The molecule has 12 heteroatoms. The maximum absolute atomic E-state index is 11.9. The van der Waals surface area contributed by atoms with Crippen molar-refractivity contribution in [1.29, 1.82) is 0 Å². The Bertz CT molecular complexity index is 6290. The van der Waals surface area contributed by atoms with Gasteiger partial charge in [0.05, 0.1) is 46.2 Å². The van der Waals surface area contributed by atoms with Crippen molar-refractivity contribution in [2.75, 3.05) is 84.0 Å². The lowest BCUT2D eigenvalue weighted by Crippen LogP contribution is -2.45. The van der Waals surface area contributed by atoms with Crippen LogP contribution in [-0.4, -0.2) is 65.4 Å². The molecule has 0 aromatic heterocycles. The van der Waals surface area contributed by atoms with Gasteiger partial charge in [0.15, 0.2) is 0 Å². The van der Waals surface area contributed by atoms with Crippen LogP contribution in [0, 0.1) is 49.4 Å². The summed E-state index contributed by atoms with van der Waals surface area (Å²) < 4.78 is 34.4. The SMILES string of the molecule is C=C(C)C(=O)OCc1ccc(N(c2ccc(C)cc2)c2ccc(-c3ccc(N(c4ccccc4)c4ccc(C)cc4)cc3)cc2)cc1.C=CC1CC(C=C)C(COc2ccc(N(c3ccccc3)c3cccc(C)c3)cc2)C1.CCC1(COCCCCCCc2ccc(N(c3ccccc3)c3ccc(-c4ccc(N(c5ccccc5)c5ccc(CCCCCCOCC6(CC)COC6)cc5)cc4)cc3)cc2)COC1. The summed E-state index contributed by atoms with van der Waals surface area (Å²) in [4.78, 5) is 23.3. The van der Waals surface area contributed by atoms with Crippen LogP contribution < -0.4 is 29.2 Å². The Hall–Kier alpha value is -14.4. The lowest BCUT2D eigenvalue weighted by molar-refractivity contribution is -0.150. The summed E-state index contributed by atoms with van der Waals surface area (Å²) in [7, 11) is 0. The van der Waals surface area contributed by atoms with E-state index in [-0.39, 0.29) is 23.4 Å². The molecule has 18 rings (SSSR count). The molecule has 2 aliphatic heterocycles. The summed E-state index contributed by atoms with van der Waals surface area (Å²) in [6.45, 7) is 31.9. The highest BCUT2D eigenvalue weighted by Gasteiger charge is 2.38. The molecule has 0 bridgehead atoms.